The van der Waals surface area contributed by atoms with Gasteiger partial charge < -0.3 is 4.57 Å². The summed E-state index contributed by atoms with van der Waals surface area (Å²) in [6, 6.07) is 0.455. The highest BCUT2D eigenvalue weighted by Crippen LogP contribution is 2.15. The first-order valence-electron chi connectivity index (χ1n) is 4.10. The van der Waals surface area contributed by atoms with E-state index in [-0.39, 0.29) is 0 Å². The van der Waals surface area contributed by atoms with Gasteiger partial charge in [0.15, 0.2) is 5.82 Å². The lowest BCUT2D eigenvalue weighted by Gasteiger charge is -2.12. The van der Waals surface area contributed by atoms with Gasteiger partial charge in [-0.15, -0.1) is 10.2 Å². The van der Waals surface area contributed by atoms with E-state index < -0.39 is 0 Å². The number of hydrogen-bond acceptors (Lipinski definition) is 2. The van der Waals surface area contributed by atoms with Crippen LogP contribution in [0.1, 0.15) is 25.2 Å². The van der Waals surface area contributed by atoms with Crippen LogP contribution in [0.15, 0.2) is 24.6 Å². The predicted molar refractivity (Wildman–Crippen MR) is 47.5 cm³/mol. The fourth-order valence-corrected chi connectivity index (χ4v) is 1.32. The molecule has 1 aliphatic heterocycles. The molecule has 0 aromatic carbocycles. The molecule has 0 N–H and O–H groups in total. The molecule has 0 bridgehead atoms. The van der Waals surface area contributed by atoms with Crippen molar-refractivity contribution in [1.29, 1.82) is 0 Å². The van der Waals surface area contributed by atoms with E-state index in [1.54, 1.807) is 6.33 Å². The molecule has 12 heavy (non-hydrogen) atoms. The quantitative estimate of drug-likeness (QED) is 0.581. The Bertz CT molecular complexity index is 322. The first kappa shape index (κ1) is 7.28. The molecule has 2 heterocycles. The number of aromatic nitrogens is 3. The van der Waals surface area contributed by atoms with E-state index in [4.69, 9.17) is 0 Å². The average Bonchev–Trinajstić information content (AvgIpc) is 2.47. The van der Waals surface area contributed by atoms with Crippen molar-refractivity contribution in [3.63, 3.8) is 0 Å². The van der Waals surface area contributed by atoms with Crippen molar-refractivity contribution < 1.29 is 0 Å². The van der Waals surface area contributed by atoms with Gasteiger partial charge in [0.25, 0.3) is 0 Å². The second-order valence-corrected chi connectivity index (χ2v) is 2.97. The van der Waals surface area contributed by atoms with Gasteiger partial charge in [0.2, 0.25) is 0 Å². The summed E-state index contributed by atoms with van der Waals surface area (Å²) in [5, 5.41) is 7.87. The highest BCUT2D eigenvalue weighted by atomic mass is 15.3. The van der Waals surface area contributed by atoms with Crippen LogP contribution < -0.4 is 0 Å². The Hall–Kier alpha value is -1.38. The lowest BCUT2D eigenvalue weighted by molar-refractivity contribution is 0.547. The number of allylic oxidation sites excluding steroid dienone is 3. The molecule has 0 saturated carbocycles. The molecule has 0 saturated heterocycles. The van der Waals surface area contributed by atoms with Gasteiger partial charge in [-0.2, -0.15) is 0 Å². The molecule has 1 aromatic heterocycles. The van der Waals surface area contributed by atoms with Crippen molar-refractivity contribution in [1.82, 2.24) is 14.8 Å². The summed E-state index contributed by atoms with van der Waals surface area (Å²) in [6.07, 6.45) is 11.0. The second-order valence-electron chi connectivity index (χ2n) is 2.97. The summed E-state index contributed by atoms with van der Waals surface area (Å²) < 4.78 is 2.08. The first-order chi connectivity index (χ1) is 5.88. The fourth-order valence-electron chi connectivity index (χ4n) is 1.32. The lowest BCUT2D eigenvalue weighted by atomic mass is 10.2. The molecule has 1 aromatic rings. The average molecular weight is 161 g/mol. The first-order valence-corrected chi connectivity index (χ1v) is 4.10. The summed E-state index contributed by atoms with van der Waals surface area (Å²) >= 11 is 0. The van der Waals surface area contributed by atoms with E-state index in [2.05, 4.69) is 33.8 Å². The largest absolute Gasteiger partial charge is 0.311 e. The Kier molecular flexibility index (Phi) is 1.78. The van der Waals surface area contributed by atoms with Crippen molar-refractivity contribution in [2.24, 2.45) is 0 Å². The maximum atomic E-state index is 4.00. The number of rotatable bonds is 0. The van der Waals surface area contributed by atoms with Gasteiger partial charge in [0.1, 0.15) is 6.33 Å². The third kappa shape index (κ3) is 1.18. The topological polar surface area (TPSA) is 30.7 Å². The third-order valence-corrected chi connectivity index (χ3v) is 2.05. The Morgan fingerprint density at radius 1 is 1.50 bits per heavy atom. The number of hydrogen-bond donors (Lipinski definition) is 0. The van der Waals surface area contributed by atoms with Crippen LogP contribution in [-0.4, -0.2) is 14.8 Å². The van der Waals surface area contributed by atoms with E-state index in [0.29, 0.717) is 6.04 Å². The SMILES string of the molecule is CC1C/C=C/C=C\c2nncn21. The van der Waals surface area contributed by atoms with E-state index in [9.17, 15) is 0 Å². The highest BCUT2D eigenvalue weighted by molar-refractivity contribution is 5.43. The molecule has 0 spiro atoms. The second kappa shape index (κ2) is 2.93. The van der Waals surface area contributed by atoms with Crippen molar-refractivity contribution in [2.75, 3.05) is 0 Å². The predicted octanol–water partition coefficient (Wildman–Crippen LogP) is 1.81. The molecular weight excluding hydrogens is 150 g/mol. The van der Waals surface area contributed by atoms with Crippen molar-refractivity contribution in [3.05, 3.63) is 30.4 Å². The molecule has 0 fully saturated rings. The van der Waals surface area contributed by atoms with E-state index >= 15 is 0 Å². The Morgan fingerprint density at radius 3 is 3.33 bits per heavy atom. The third-order valence-electron chi connectivity index (χ3n) is 2.05. The Labute approximate surface area is 71.4 Å². The molecule has 1 unspecified atom stereocenters. The summed E-state index contributed by atoms with van der Waals surface area (Å²) in [5.41, 5.74) is 0. The van der Waals surface area contributed by atoms with Crippen LogP contribution in [0.4, 0.5) is 0 Å². The van der Waals surface area contributed by atoms with Crippen molar-refractivity contribution in [3.8, 4) is 0 Å². The molecule has 0 aliphatic carbocycles. The molecule has 0 amide bonds. The van der Waals surface area contributed by atoms with Crippen LogP contribution >= 0.6 is 0 Å². The molecule has 1 atom stereocenters. The van der Waals surface area contributed by atoms with Crippen LogP contribution in [0.2, 0.25) is 0 Å². The molecular formula is C9H11N3. The standard InChI is InChI=1S/C9H11N3/c1-8-5-3-2-4-6-9-11-10-7-12(8)9/h2-4,6-8H,5H2,1H3/b3-2+,6-4-. The maximum absolute atomic E-state index is 4.00. The van der Waals surface area contributed by atoms with Gasteiger partial charge in [-0.1, -0.05) is 18.2 Å². The molecule has 62 valence electrons. The zero-order chi connectivity index (χ0) is 8.39. The Morgan fingerprint density at radius 2 is 2.42 bits per heavy atom. The molecule has 0 radical (unpaired) electrons. The highest BCUT2D eigenvalue weighted by Gasteiger charge is 2.07. The maximum Gasteiger partial charge on any atom is 0.156 e. The zero-order valence-corrected chi connectivity index (χ0v) is 7.01. The summed E-state index contributed by atoms with van der Waals surface area (Å²) in [6.45, 7) is 2.16. The van der Waals surface area contributed by atoms with Gasteiger partial charge in [0.05, 0.1) is 0 Å². The van der Waals surface area contributed by atoms with Crippen LogP contribution in [0.5, 0.6) is 0 Å². The molecule has 2 rings (SSSR count). The smallest absolute Gasteiger partial charge is 0.156 e. The number of fused-ring (bicyclic) bond motifs is 1. The van der Waals surface area contributed by atoms with E-state index in [0.717, 1.165) is 12.2 Å². The summed E-state index contributed by atoms with van der Waals surface area (Å²) in [5.74, 6) is 0.937. The van der Waals surface area contributed by atoms with Crippen LogP contribution in [0.3, 0.4) is 0 Å². The number of nitrogens with zero attached hydrogens (tertiary/aromatic N) is 3. The van der Waals surface area contributed by atoms with Gasteiger partial charge in [0, 0.05) is 6.04 Å². The van der Waals surface area contributed by atoms with Crippen LogP contribution in [-0.2, 0) is 0 Å². The minimum absolute atomic E-state index is 0.455. The van der Waals surface area contributed by atoms with Crippen LogP contribution in [0.25, 0.3) is 6.08 Å². The van der Waals surface area contributed by atoms with E-state index in [1.807, 2.05) is 12.2 Å². The van der Waals surface area contributed by atoms with Crippen molar-refractivity contribution in [2.45, 2.75) is 19.4 Å². The van der Waals surface area contributed by atoms with E-state index in [1.165, 1.54) is 0 Å². The minimum atomic E-state index is 0.455. The summed E-state index contributed by atoms with van der Waals surface area (Å²) in [7, 11) is 0. The fraction of sp³-hybridized carbons (Fsp3) is 0.333. The normalized spacial score (nSPS) is 26.9. The van der Waals surface area contributed by atoms with Gasteiger partial charge in [-0.05, 0) is 19.4 Å². The lowest BCUT2D eigenvalue weighted by Crippen LogP contribution is -2.05. The monoisotopic (exact) mass is 161 g/mol. The summed E-state index contributed by atoms with van der Waals surface area (Å²) in [4.78, 5) is 0. The van der Waals surface area contributed by atoms with Crippen molar-refractivity contribution >= 4 is 6.08 Å². The molecule has 1 aliphatic rings. The van der Waals surface area contributed by atoms with Crippen LogP contribution in [0, 0.1) is 0 Å². The molecule has 3 nitrogen and oxygen atoms in total. The zero-order valence-electron chi connectivity index (χ0n) is 7.01. The van der Waals surface area contributed by atoms with Gasteiger partial charge in [-0.3, -0.25) is 0 Å². The van der Waals surface area contributed by atoms with Gasteiger partial charge >= 0.3 is 0 Å². The Balaban J connectivity index is 2.44. The molecule has 3 heteroatoms. The minimum Gasteiger partial charge on any atom is -0.311 e. The van der Waals surface area contributed by atoms with Gasteiger partial charge in [-0.25, -0.2) is 0 Å².